The minimum atomic E-state index is -0.677. The van der Waals surface area contributed by atoms with Crippen LogP contribution in [0, 0.1) is 5.92 Å². The summed E-state index contributed by atoms with van der Waals surface area (Å²) in [5, 5.41) is 2.34. The van der Waals surface area contributed by atoms with Crippen LogP contribution in [0.5, 0.6) is 0 Å². The number of imide groups is 1. The van der Waals surface area contributed by atoms with Gasteiger partial charge in [0.05, 0.1) is 11.0 Å². The van der Waals surface area contributed by atoms with Crippen molar-refractivity contribution in [2.45, 2.75) is 71.1 Å². The largest absolute Gasteiger partial charge is 0.460 e. The third-order valence-corrected chi connectivity index (χ3v) is 6.66. The Morgan fingerprint density at radius 3 is 2.44 bits per heavy atom. The average Bonchev–Trinajstić information content (AvgIpc) is 2.98. The fraction of sp³-hybridized carbons (Fsp3) is 0.600. The molecule has 2 aliphatic heterocycles. The highest BCUT2D eigenvalue weighted by atomic mass is 16.6. The van der Waals surface area contributed by atoms with Crippen LogP contribution in [-0.4, -0.2) is 50.5 Å². The van der Waals surface area contributed by atoms with Gasteiger partial charge >= 0.3 is 11.7 Å². The van der Waals surface area contributed by atoms with Gasteiger partial charge in [0.1, 0.15) is 11.6 Å². The molecule has 1 unspecified atom stereocenters. The van der Waals surface area contributed by atoms with Crippen molar-refractivity contribution in [2.24, 2.45) is 13.0 Å². The van der Waals surface area contributed by atoms with Gasteiger partial charge in [0.2, 0.25) is 11.8 Å². The lowest BCUT2D eigenvalue weighted by molar-refractivity contribution is -0.156. The summed E-state index contributed by atoms with van der Waals surface area (Å²) in [6.07, 6.45) is 2.91. The number of piperidine rings is 2. The molecule has 0 saturated carbocycles. The smallest absolute Gasteiger partial charge is 0.329 e. The highest BCUT2D eigenvalue weighted by Crippen LogP contribution is 2.26. The Balaban J connectivity index is 1.42. The number of amides is 2. The van der Waals surface area contributed by atoms with Crippen molar-refractivity contribution in [3.05, 3.63) is 34.2 Å². The number of aryl methyl sites for hydroxylation is 1. The van der Waals surface area contributed by atoms with E-state index in [1.54, 1.807) is 11.6 Å². The van der Waals surface area contributed by atoms with Crippen LogP contribution in [0.4, 0.5) is 0 Å². The average molecular weight is 471 g/mol. The van der Waals surface area contributed by atoms with E-state index in [9.17, 15) is 19.2 Å². The third kappa shape index (κ3) is 5.24. The highest BCUT2D eigenvalue weighted by Gasteiger charge is 2.31. The SMILES string of the molecule is Cn1c(=O)n(C2CCC(=O)NC2=O)c2ccc(CN3CCC(CC(=O)OC(C)(C)C)CC3)cc21. The van der Waals surface area contributed by atoms with E-state index in [0.717, 1.165) is 43.6 Å². The number of rotatable bonds is 5. The maximum Gasteiger partial charge on any atom is 0.329 e. The first-order valence-corrected chi connectivity index (χ1v) is 12.0. The van der Waals surface area contributed by atoms with Crippen molar-refractivity contribution in [2.75, 3.05) is 13.1 Å². The van der Waals surface area contributed by atoms with Crippen molar-refractivity contribution in [3.63, 3.8) is 0 Å². The van der Waals surface area contributed by atoms with Crippen LogP contribution in [0.3, 0.4) is 0 Å². The fourth-order valence-corrected chi connectivity index (χ4v) is 4.96. The van der Waals surface area contributed by atoms with E-state index >= 15 is 0 Å². The molecule has 2 fully saturated rings. The number of nitrogens with one attached hydrogen (secondary N) is 1. The van der Waals surface area contributed by atoms with E-state index in [1.807, 2.05) is 39.0 Å². The normalized spacial score (nSPS) is 20.5. The number of hydrogen-bond donors (Lipinski definition) is 1. The van der Waals surface area contributed by atoms with Crippen LogP contribution in [0.15, 0.2) is 23.0 Å². The molecule has 1 aromatic heterocycles. The molecular weight excluding hydrogens is 436 g/mol. The third-order valence-electron chi connectivity index (χ3n) is 6.66. The number of likely N-dealkylation sites (tertiary alicyclic amines) is 1. The highest BCUT2D eigenvalue weighted by molar-refractivity contribution is 6.00. The molecule has 3 heterocycles. The number of carbonyl (C=O) groups is 3. The first-order chi connectivity index (χ1) is 16.0. The number of hydrogen-bond acceptors (Lipinski definition) is 6. The Hall–Kier alpha value is -2.94. The Kier molecular flexibility index (Phi) is 6.66. The first kappa shape index (κ1) is 24.2. The molecule has 1 atom stereocenters. The number of aromatic nitrogens is 2. The molecule has 9 heteroatoms. The van der Waals surface area contributed by atoms with Crippen LogP contribution in [0.2, 0.25) is 0 Å². The zero-order valence-electron chi connectivity index (χ0n) is 20.4. The minimum Gasteiger partial charge on any atom is -0.460 e. The summed E-state index contributed by atoms with van der Waals surface area (Å²) in [6, 6.07) is 5.22. The van der Waals surface area contributed by atoms with Crippen molar-refractivity contribution in [1.29, 1.82) is 0 Å². The van der Waals surface area contributed by atoms with Crippen LogP contribution in [0.1, 0.15) is 64.5 Å². The van der Waals surface area contributed by atoms with E-state index in [2.05, 4.69) is 10.2 Å². The number of nitrogens with zero attached hydrogens (tertiary/aromatic N) is 3. The van der Waals surface area contributed by atoms with Crippen molar-refractivity contribution in [1.82, 2.24) is 19.4 Å². The van der Waals surface area contributed by atoms with Crippen LogP contribution >= 0.6 is 0 Å². The molecule has 0 spiro atoms. The second kappa shape index (κ2) is 9.37. The summed E-state index contributed by atoms with van der Waals surface area (Å²) >= 11 is 0. The predicted octanol–water partition coefficient (Wildman–Crippen LogP) is 2.26. The second-order valence-corrected chi connectivity index (χ2v) is 10.5. The van der Waals surface area contributed by atoms with E-state index in [-0.39, 0.29) is 24.0 Å². The molecular formula is C25H34N4O5. The van der Waals surface area contributed by atoms with Gasteiger partial charge in [-0.1, -0.05) is 6.07 Å². The maximum absolute atomic E-state index is 12.9. The number of ether oxygens (including phenoxy) is 1. The van der Waals surface area contributed by atoms with E-state index < -0.39 is 17.6 Å². The molecule has 0 radical (unpaired) electrons. The Morgan fingerprint density at radius 2 is 1.79 bits per heavy atom. The molecule has 34 heavy (non-hydrogen) atoms. The lowest BCUT2D eigenvalue weighted by Crippen LogP contribution is -2.44. The summed E-state index contributed by atoms with van der Waals surface area (Å²) in [7, 11) is 1.71. The Labute approximate surface area is 199 Å². The van der Waals surface area contributed by atoms with Gasteiger partial charge in [-0.25, -0.2) is 4.79 Å². The van der Waals surface area contributed by atoms with Crippen LogP contribution in [0.25, 0.3) is 11.0 Å². The van der Waals surface area contributed by atoms with Gasteiger partial charge < -0.3 is 4.74 Å². The van der Waals surface area contributed by atoms with Gasteiger partial charge in [-0.15, -0.1) is 0 Å². The molecule has 2 amide bonds. The van der Waals surface area contributed by atoms with E-state index in [0.29, 0.717) is 24.3 Å². The van der Waals surface area contributed by atoms with Gasteiger partial charge in [-0.2, -0.15) is 0 Å². The summed E-state index contributed by atoms with van der Waals surface area (Å²) in [6.45, 7) is 8.23. The zero-order chi connectivity index (χ0) is 24.6. The van der Waals surface area contributed by atoms with Crippen molar-refractivity contribution < 1.29 is 19.1 Å². The standard InChI is InChI=1S/C25H34N4O5/c1-25(2,3)34-22(31)14-16-9-11-28(12-10-16)15-17-5-6-18-20(13-17)27(4)24(33)29(18)19-7-8-21(30)26-23(19)32/h5-6,13,16,19H,7-12,14-15H2,1-4H3,(H,26,30,32). The topological polar surface area (TPSA) is 103 Å². The number of carbonyl (C=O) groups excluding carboxylic acids is 3. The quantitative estimate of drug-likeness (QED) is 0.531. The van der Waals surface area contributed by atoms with Crippen molar-refractivity contribution >= 4 is 28.8 Å². The summed E-state index contributed by atoms with van der Waals surface area (Å²) in [5.74, 6) is -0.509. The molecule has 0 bridgehead atoms. The fourth-order valence-electron chi connectivity index (χ4n) is 4.96. The summed E-state index contributed by atoms with van der Waals surface area (Å²) in [4.78, 5) is 51.3. The molecule has 0 aliphatic carbocycles. The van der Waals surface area contributed by atoms with Gasteiger partial charge in [-0.3, -0.25) is 33.7 Å². The first-order valence-electron chi connectivity index (χ1n) is 12.0. The summed E-state index contributed by atoms with van der Waals surface area (Å²) < 4.78 is 8.53. The van der Waals surface area contributed by atoms with Crippen LogP contribution in [-0.2, 0) is 32.7 Å². The van der Waals surface area contributed by atoms with Gasteiger partial charge in [-0.05, 0) is 76.7 Å². The molecule has 2 aromatic rings. The molecule has 1 N–H and O–H groups in total. The summed E-state index contributed by atoms with van der Waals surface area (Å²) in [5.41, 5.74) is 1.85. The molecule has 2 aliphatic rings. The van der Waals surface area contributed by atoms with Gasteiger partial charge in [0, 0.05) is 26.4 Å². The zero-order valence-corrected chi connectivity index (χ0v) is 20.4. The number of imidazole rings is 1. The maximum atomic E-state index is 12.9. The monoisotopic (exact) mass is 470 g/mol. The Bertz CT molecular complexity index is 1160. The van der Waals surface area contributed by atoms with E-state index in [1.165, 1.54) is 4.57 Å². The number of benzene rings is 1. The van der Waals surface area contributed by atoms with E-state index in [4.69, 9.17) is 4.74 Å². The molecule has 4 rings (SSSR count). The number of fused-ring (bicyclic) bond motifs is 1. The number of esters is 1. The van der Waals surface area contributed by atoms with Gasteiger partial charge in [0.15, 0.2) is 0 Å². The predicted molar refractivity (Wildman–Crippen MR) is 127 cm³/mol. The van der Waals surface area contributed by atoms with Gasteiger partial charge in [0.25, 0.3) is 0 Å². The lowest BCUT2D eigenvalue weighted by Gasteiger charge is -2.32. The Morgan fingerprint density at radius 1 is 1.09 bits per heavy atom. The minimum absolute atomic E-state index is 0.127. The molecule has 2 saturated heterocycles. The van der Waals surface area contributed by atoms with Crippen LogP contribution < -0.4 is 11.0 Å². The molecule has 184 valence electrons. The molecule has 1 aromatic carbocycles. The molecule has 9 nitrogen and oxygen atoms in total. The lowest BCUT2D eigenvalue weighted by atomic mass is 9.93. The van der Waals surface area contributed by atoms with Crippen molar-refractivity contribution in [3.8, 4) is 0 Å². The second-order valence-electron chi connectivity index (χ2n) is 10.5.